The van der Waals surface area contributed by atoms with Gasteiger partial charge in [-0.3, -0.25) is 4.79 Å². The van der Waals surface area contributed by atoms with E-state index in [1.807, 2.05) is 36.4 Å². The molecule has 5 rings (SSSR count). The summed E-state index contributed by atoms with van der Waals surface area (Å²) < 4.78 is 17.4. The quantitative estimate of drug-likeness (QED) is 0.636. The van der Waals surface area contributed by atoms with E-state index in [0.717, 1.165) is 12.8 Å². The number of ether oxygens (including phenoxy) is 2. The molecule has 1 amide bonds. The van der Waals surface area contributed by atoms with Crippen LogP contribution in [0.15, 0.2) is 52.9 Å². The van der Waals surface area contributed by atoms with Crippen LogP contribution in [0.4, 0.5) is 0 Å². The summed E-state index contributed by atoms with van der Waals surface area (Å²) in [5.74, 6) is 1.78. The zero-order valence-corrected chi connectivity index (χ0v) is 16.2. The molecule has 0 saturated heterocycles. The maximum atomic E-state index is 13.1. The van der Waals surface area contributed by atoms with Crippen LogP contribution in [0, 0.1) is 0 Å². The molecule has 29 heavy (non-hydrogen) atoms. The second kappa shape index (κ2) is 7.40. The van der Waals surface area contributed by atoms with Crippen LogP contribution >= 0.6 is 11.6 Å². The van der Waals surface area contributed by atoms with Gasteiger partial charge in [-0.1, -0.05) is 35.9 Å². The Hall–Kier alpha value is -3.06. The number of nitrogens with zero attached hydrogens (tertiary/aromatic N) is 3. The topological polar surface area (TPSA) is 77.7 Å². The Morgan fingerprint density at radius 2 is 1.83 bits per heavy atom. The van der Waals surface area contributed by atoms with Crippen LogP contribution < -0.4 is 9.47 Å². The van der Waals surface area contributed by atoms with Crippen molar-refractivity contribution in [3.63, 3.8) is 0 Å². The molecule has 2 aromatic carbocycles. The second-order valence-electron chi connectivity index (χ2n) is 7.04. The van der Waals surface area contributed by atoms with Gasteiger partial charge in [-0.05, 0) is 37.1 Å². The molecule has 2 aliphatic rings. The summed E-state index contributed by atoms with van der Waals surface area (Å²) in [4.78, 5) is 14.9. The van der Waals surface area contributed by atoms with E-state index in [1.54, 1.807) is 17.0 Å². The summed E-state index contributed by atoms with van der Waals surface area (Å²) in [6.45, 7) is 0.399. The molecule has 0 radical (unpaired) electrons. The van der Waals surface area contributed by atoms with E-state index in [-0.39, 0.29) is 25.1 Å². The zero-order valence-electron chi connectivity index (χ0n) is 15.5. The van der Waals surface area contributed by atoms with Crippen molar-refractivity contribution in [2.75, 3.05) is 6.61 Å². The van der Waals surface area contributed by atoms with Crippen molar-refractivity contribution < 1.29 is 18.7 Å². The normalized spacial score (nSPS) is 17.8. The predicted molar refractivity (Wildman–Crippen MR) is 105 cm³/mol. The van der Waals surface area contributed by atoms with Gasteiger partial charge in [0.1, 0.15) is 6.61 Å². The molecule has 2 heterocycles. The molecule has 1 aliphatic heterocycles. The Balaban J connectivity index is 1.33. The number of halogens is 1. The molecule has 0 spiro atoms. The van der Waals surface area contributed by atoms with E-state index < -0.39 is 6.10 Å². The lowest BCUT2D eigenvalue weighted by molar-refractivity contribution is -0.142. The van der Waals surface area contributed by atoms with Crippen LogP contribution in [-0.2, 0) is 11.3 Å². The Labute approximate surface area is 172 Å². The van der Waals surface area contributed by atoms with Gasteiger partial charge >= 0.3 is 0 Å². The van der Waals surface area contributed by atoms with Crippen molar-refractivity contribution >= 4 is 17.5 Å². The Bertz CT molecular complexity index is 1050. The molecule has 8 heteroatoms. The van der Waals surface area contributed by atoms with E-state index >= 15 is 0 Å². The van der Waals surface area contributed by atoms with Gasteiger partial charge in [0.2, 0.25) is 17.9 Å². The molecule has 3 aromatic rings. The minimum atomic E-state index is -0.698. The van der Waals surface area contributed by atoms with E-state index in [2.05, 4.69) is 10.2 Å². The zero-order chi connectivity index (χ0) is 19.8. The molecule has 1 aromatic heterocycles. The maximum Gasteiger partial charge on any atom is 0.267 e. The first-order chi connectivity index (χ1) is 14.2. The number of benzene rings is 2. The van der Waals surface area contributed by atoms with E-state index in [1.165, 1.54) is 0 Å². The third kappa shape index (κ3) is 3.65. The Kier molecular flexibility index (Phi) is 4.60. The number of para-hydroxylation sites is 2. The minimum Gasteiger partial charge on any atom is -0.485 e. The maximum absolute atomic E-state index is 13.1. The smallest absolute Gasteiger partial charge is 0.267 e. The van der Waals surface area contributed by atoms with Crippen molar-refractivity contribution in [1.29, 1.82) is 0 Å². The first kappa shape index (κ1) is 18.0. The summed E-state index contributed by atoms with van der Waals surface area (Å²) in [5, 5.41) is 8.72. The van der Waals surface area contributed by atoms with Gasteiger partial charge in [-0.15, -0.1) is 10.2 Å². The fourth-order valence-electron chi connectivity index (χ4n) is 3.31. The third-order valence-electron chi connectivity index (χ3n) is 4.93. The van der Waals surface area contributed by atoms with Crippen molar-refractivity contribution in [3.8, 4) is 23.0 Å². The summed E-state index contributed by atoms with van der Waals surface area (Å²) in [7, 11) is 0. The van der Waals surface area contributed by atoms with Crippen LogP contribution in [0.5, 0.6) is 11.5 Å². The van der Waals surface area contributed by atoms with Gasteiger partial charge < -0.3 is 18.8 Å². The molecule has 0 bridgehead atoms. The van der Waals surface area contributed by atoms with Crippen molar-refractivity contribution in [2.45, 2.75) is 31.5 Å². The number of rotatable bonds is 5. The number of hydrogen-bond acceptors (Lipinski definition) is 6. The number of aromatic nitrogens is 2. The third-order valence-corrected chi connectivity index (χ3v) is 5.26. The molecule has 1 fully saturated rings. The molecule has 1 atom stereocenters. The number of fused-ring (bicyclic) bond motifs is 1. The van der Waals surface area contributed by atoms with E-state index in [4.69, 9.17) is 25.5 Å². The first-order valence-electron chi connectivity index (χ1n) is 9.45. The highest BCUT2D eigenvalue weighted by Gasteiger charge is 2.39. The molecule has 0 N–H and O–H groups in total. The SMILES string of the molecule is O=C([C@H]1COc2ccccc2O1)N(Cc1nnc(-c2ccccc2Cl)o1)C1CC1. The minimum absolute atomic E-state index is 0.139. The van der Waals surface area contributed by atoms with Crippen LogP contribution in [-0.4, -0.2) is 39.8 Å². The molecule has 1 saturated carbocycles. The summed E-state index contributed by atoms with van der Waals surface area (Å²) in [5.41, 5.74) is 0.665. The Morgan fingerprint density at radius 3 is 2.62 bits per heavy atom. The summed E-state index contributed by atoms with van der Waals surface area (Å²) >= 11 is 6.20. The second-order valence-corrected chi connectivity index (χ2v) is 7.45. The summed E-state index contributed by atoms with van der Waals surface area (Å²) in [6, 6.07) is 14.7. The number of carbonyl (C=O) groups is 1. The lowest BCUT2D eigenvalue weighted by Gasteiger charge is -2.30. The van der Waals surface area contributed by atoms with Gasteiger partial charge in [-0.25, -0.2) is 0 Å². The van der Waals surface area contributed by atoms with Crippen LogP contribution in [0.3, 0.4) is 0 Å². The van der Waals surface area contributed by atoms with Gasteiger partial charge in [0.15, 0.2) is 11.5 Å². The number of carbonyl (C=O) groups excluding carboxylic acids is 1. The predicted octanol–water partition coefficient (Wildman–Crippen LogP) is 3.72. The fraction of sp³-hybridized carbons (Fsp3) is 0.286. The molecule has 0 unspecified atom stereocenters. The molecular weight excluding hydrogens is 394 g/mol. The lowest BCUT2D eigenvalue weighted by atomic mass is 10.2. The van der Waals surface area contributed by atoms with Crippen molar-refractivity contribution in [2.24, 2.45) is 0 Å². The average molecular weight is 412 g/mol. The Morgan fingerprint density at radius 1 is 1.07 bits per heavy atom. The van der Waals surface area contributed by atoms with Crippen molar-refractivity contribution in [1.82, 2.24) is 15.1 Å². The number of hydrogen-bond donors (Lipinski definition) is 0. The van der Waals surface area contributed by atoms with Crippen LogP contribution in [0.1, 0.15) is 18.7 Å². The molecule has 148 valence electrons. The monoisotopic (exact) mass is 411 g/mol. The summed E-state index contributed by atoms with van der Waals surface area (Å²) in [6.07, 6.45) is 1.19. The molecule has 1 aliphatic carbocycles. The fourth-order valence-corrected chi connectivity index (χ4v) is 3.52. The van der Waals surface area contributed by atoms with Gasteiger partial charge in [0.25, 0.3) is 5.91 Å². The standard InChI is InChI=1S/C21H18ClN3O4/c22-15-6-2-1-5-14(15)20-24-23-19(29-20)11-25(13-9-10-13)21(26)18-12-27-16-7-3-4-8-17(16)28-18/h1-8,13,18H,9-12H2/t18-/m1/s1. The van der Waals surface area contributed by atoms with E-state index in [0.29, 0.717) is 33.9 Å². The van der Waals surface area contributed by atoms with Crippen LogP contribution in [0.25, 0.3) is 11.5 Å². The van der Waals surface area contributed by atoms with Crippen molar-refractivity contribution in [3.05, 3.63) is 59.4 Å². The van der Waals surface area contributed by atoms with Gasteiger partial charge in [0.05, 0.1) is 17.1 Å². The van der Waals surface area contributed by atoms with E-state index in [9.17, 15) is 4.79 Å². The highest BCUT2D eigenvalue weighted by atomic mass is 35.5. The van der Waals surface area contributed by atoms with Gasteiger partial charge in [0, 0.05) is 6.04 Å². The molecule has 7 nitrogen and oxygen atoms in total. The highest BCUT2D eigenvalue weighted by molar-refractivity contribution is 6.33. The largest absolute Gasteiger partial charge is 0.485 e. The van der Waals surface area contributed by atoms with Crippen LogP contribution in [0.2, 0.25) is 5.02 Å². The first-order valence-corrected chi connectivity index (χ1v) is 9.83. The number of amides is 1. The van der Waals surface area contributed by atoms with Gasteiger partial charge in [-0.2, -0.15) is 0 Å². The molecular formula is C21H18ClN3O4. The highest BCUT2D eigenvalue weighted by Crippen LogP contribution is 2.34. The lowest BCUT2D eigenvalue weighted by Crippen LogP contribution is -2.47. The average Bonchev–Trinajstić information content (AvgIpc) is 3.49.